The van der Waals surface area contributed by atoms with Gasteiger partial charge in [0.2, 0.25) is 15.8 Å². The first kappa shape index (κ1) is 14.6. The summed E-state index contributed by atoms with van der Waals surface area (Å²) in [6.07, 6.45) is 2.11. The first-order chi connectivity index (χ1) is 9.89. The van der Waals surface area contributed by atoms with Gasteiger partial charge in [0.25, 0.3) is 0 Å². The molecule has 3 heterocycles. The van der Waals surface area contributed by atoms with Crippen LogP contribution >= 0.6 is 0 Å². The van der Waals surface area contributed by atoms with Crippen molar-refractivity contribution < 1.29 is 22.7 Å². The van der Waals surface area contributed by atoms with Crippen LogP contribution in [0.25, 0.3) is 0 Å². The van der Waals surface area contributed by atoms with E-state index >= 15 is 0 Å². The van der Waals surface area contributed by atoms with Crippen LogP contribution in [-0.4, -0.2) is 60.9 Å². The smallest absolute Gasteiger partial charge is 0.371 e. The second-order valence-electron chi connectivity index (χ2n) is 5.53. The molecule has 1 unspecified atom stereocenters. The van der Waals surface area contributed by atoms with E-state index in [9.17, 15) is 13.2 Å². The Balaban J connectivity index is 1.88. The molecule has 2 aliphatic heterocycles. The molecule has 1 aromatic heterocycles. The van der Waals surface area contributed by atoms with Crippen molar-refractivity contribution in [2.24, 2.45) is 0 Å². The third-order valence-corrected chi connectivity index (χ3v) is 6.22. The molecular weight excluding hydrogens is 296 g/mol. The van der Waals surface area contributed by atoms with Crippen molar-refractivity contribution >= 4 is 16.0 Å². The largest absolute Gasteiger partial charge is 0.475 e. The van der Waals surface area contributed by atoms with Crippen molar-refractivity contribution in [2.45, 2.75) is 30.7 Å². The maximum atomic E-state index is 12.7. The Labute approximate surface area is 123 Å². The third kappa shape index (κ3) is 2.47. The van der Waals surface area contributed by atoms with Crippen LogP contribution in [0.15, 0.2) is 15.4 Å². The minimum Gasteiger partial charge on any atom is -0.475 e. The average molecular weight is 314 g/mol. The quantitative estimate of drug-likeness (QED) is 0.885. The molecule has 1 atom stereocenters. The molecule has 8 heteroatoms. The number of sulfonamides is 1. The molecule has 0 bridgehead atoms. The molecule has 0 spiro atoms. The van der Waals surface area contributed by atoms with Crippen LogP contribution in [0.4, 0.5) is 0 Å². The molecule has 1 aromatic rings. The molecule has 2 fully saturated rings. The van der Waals surface area contributed by atoms with Crippen LogP contribution in [0.3, 0.4) is 0 Å². The predicted molar refractivity (Wildman–Crippen MR) is 73.8 cm³/mol. The lowest BCUT2D eigenvalue weighted by Crippen LogP contribution is -2.51. The standard InChI is InChI=1S/C13H18N2O5S/c1-9-12(7-11(20-9)13(16)17)21(18,19)15-6-5-14-4-2-3-10(14)8-15/h7,10H,2-6,8H2,1H3,(H,16,17). The van der Waals surface area contributed by atoms with Crippen molar-refractivity contribution in [3.05, 3.63) is 17.6 Å². The Morgan fingerprint density at radius 1 is 1.38 bits per heavy atom. The van der Waals surface area contributed by atoms with Gasteiger partial charge in [-0.2, -0.15) is 4.31 Å². The van der Waals surface area contributed by atoms with Crippen LogP contribution in [-0.2, 0) is 10.0 Å². The van der Waals surface area contributed by atoms with Crippen molar-refractivity contribution in [3.63, 3.8) is 0 Å². The van der Waals surface area contributed by atoms with Crippen LogP contribution < -0.4 is 0 Å². The molecule has 116 valence electrons. The van der Waals surface area contributed by atoms with Crippen LogP contribution in [0.5, 0.6) is 0 Å². The predicted octanol–water partition coefficient (Wildman–Crippen LogP) is 0.755. The second-order valence-corrected chi connectivity index (χ2v) is 7.44. The summed E-state index contributed by atoms with van der Waals surface area (Å²) < 4.78 is 31.8. The van der Waals surface area contributed by atoms with E-state index in [1.165, 1.54) is 11.2 Å². The summed E-state index contributed by atoms with van der Waals surface area (Å²) in [5.74, 6) is -1.48. The van der Waals surface area contributed by atoms with Gasteiger partial charge in [-0.1, -0.05) is 0 Å². The summed E-state index contributed by atoms with van der Waals surface area (Å²) in [6.45, 7) is 4.14. The fourth-order valence-corrected chi connectivity index (χ4v) is 4.78. The van der Waals surface area contributed by atoms with Crippen molar-refractivity contribution in [2.75, 3.05) is 26.2 Å². The van der Waals surface area contributed by atoms with Gasteiger partial charge in [0, 0.05) is 31.7 Å². The summed E-state index contributed by atoms with van der Waals surface area (Å²) in [5.41, 5.74) is 0. The summed E-state index contributed by atoms with van der Waals surface area (Å²) in [7, 11) is -3.69. The lowest BCUT2D eigenvalue weighted by molar-refractivity contribution is 0.0661. The van der Waals surface area contributed by atoms with E-state index in [1.807, 2.05) is 0 Å². The van der Waals surface area contributed by atoms with Gasteiger partial charge < -0.3 is 9.52 Å². The third-order valence-electron chi connectivity index (χ3n) is 4.25. The topological polar surface area (TPSA) is 91.1 Å². The maximum absolute atomic E-state index is 12.7. The fourth-order valence-electron chi connectivity index (χ4n) is 3.15. The number of furan rings is 1. The lowest BCUT2D eigenvalue weighted by atomic mass is 10.2. The fraction of sp³-hybridized carbons (Fsp3) is 0.615. The van der Waals surface area contributed by atoms with E-state index in [-0.39, 0.29) is 22.5 Å². The van der Waals surface area contributed by atoms with Crippen molar-refractivity contribution in [1.29, 1.82) is 0 Å². The highest BCUT2D eigenvalue weighted by atomic mass is 32.2. The average Bonchev–Trinajstić information content (AvgIpc) is 3.03. The summed E-state index contributed by atoms with van der Waals surface area (Å²) in [6, 6.07) is 1.38. The van der Waals surface area contributed by atoms with Gasteiger partial charge in [-0.05, 0) is 26.3 Å². The number of aryl methyl sites for hydroxylation is 1. The minimum atomic E-state index is -3.69. The van der Waals surface area contributed by atoms with Crippen molar-refractivity contribution in [1.82, 2.24) is 9.21 Å². The summed E-state index contributed by atoms with van der Waals surface area (Å²) in [5, 5.41) is 8.91. The zero-order chi connectivity index (χ0) is 15.2. The van der Waals surface area contributed by atoms with Gasteiger partial charge in [0.1, 0.15) is 10.7 Å². The van der Waals surface area contributed by atoms with E-state index in [0.29, 0.717) is 13.1 Å². The first-order valence-electron chi connectivity index (χ1n) is 6.97. The SMILES string of the molecule is Cc1oc(C(=O)O)cc1S(=O)(=O)N1CCN2CCCC2C1. The molecule has 0 amide bonds. The van der Waals surface area contributed by atoms with Gasteiger partial charge >= 0.3 is 5.97 Å². The van der Waals surface area contributed by atoms with E-state index in [0.717, 1.165) is 32.0 Å². The van der Waals surface area contributed by atoms with Gasteiger partial charge in [-0.15, -0.1) is 0 Å². The number of hydrogen-bond acceptors (Lipinski definition) is 5. The molecule has 0 radical (unpaired) electrons. The number of aromatic carboxylic acids is 1. The van der Waals surface area contributed by atoms with Crippen molar-refractivity contribution in [3.8, 4) is 0 Å². The van der Waals surface area contributed by atoms with Gasteiger partial charge in [0.05, 0.1) is 0 Å². The Morgan fingerprint density at radius 2 is 2.14 bits per heavy atom. The van der Waals surface area contributed by atoms with Crippen LogP contribution in [0.1, 0.15) is 29.2 Å². The molecule has 2 saturated heterocycles. The normalized spacial score (nSPS) is 24.1. The number of carboxylic acid groups (broad SMARTS) is 1. The van der Waals surface area contributed by atoms with E-state index in [1.54, 1.807) is 0 Å². The Hall–Kier alpha value is -1.38. The minimum absolute atomic E-state index is 0.0358. The Bertz CT molecular complexity index is 666. The van der Waals surface area contributed by atoms with Gasteiger partial charge in [-0.3, -0.25) is 4.90 Å². The second kappa shape index (κ2) is 5.11. The van der Waals surface area contributed by atoms with E-state index in [4.69, 9.17) is 9.52 Å². The monoisotopic (exact) mass is 314 g/mol. The number of carbonyl (C=O) groups is 1. The van der Waals surface area contributed by atoms with E-state index < -0.39 is 16.0 Å². The molecule has 2 aliphatic rings. The molecule has 7 nitrogen and oxygen atoms in total. The summed E-state index contributed by atoms with van der Waals surface area (Å²) >= 11 is 0. The number of hydrogen-bond donors (Lipinski definition) is 1. The highest BCUT2D eigenvalue weighted by Crippen LogP contribution is 2.28. The number of rotatable bonds is 3. The number of carboxylic acids is 1. The van der Waals surface area contributed by atoms with Gasteiger partial charge in [-0.25, -0.2) is 13.2 Å². The molecule has 3 rings (SSSR count). The maximum Gasteiger partial charge on any atom is 0.371 e. The van der Waals surface area contributed by atoms with Gasteiger partial charge in [0.15, 0.2) is 0 Å². The van der Waals surface area contributed by atoms with Crippen LogP contribution in [0.2, 0.25) is 0 Å². The zero-order valence-electron chi connectivity index (χ0n) is 11.8. The van der Waals surface area contributed by atoms with E-state index in [2.05, 4.69) is 4.90 Å². The number of fused-ring (bicyclic) bond motifs is 1. The molecule has 0 aliphatic carbocycles. The zero-order valence-corrected chi connectivity index (χ0v) is 12.6. The Kier molecular flexibility index (Phi) is 3.54. The molecule has 1 N–H and O–H groups in total. The molecule has 0 aromatic carbocycles. The molecule has 0 saturated carbocycles. The molecule has 21 heavy (non-hydrogen) atoms. The first-order valence-corrected chi connectivity index (χ1v) is 8.41. The Morgan fingerprint density at radius 3 is 2.81 bits per heavy atom. The summed E-state index contributed by atoms with van der Waals surface area (Å²) in [4.78, 5) is 13.2. The molecular formula is C13H18N2O5S. The lowest BCUT2D eigenvalue weighted by Gasteiger charge is -2.36. The highest BCUT2D eigenvalue weighted by Gasteiger charge is 2.37. The number of piperazine rings is 1. The number of nitrogens with zero attached hydrogens (tertiary/aromatic N) is 2. The van der Waals surface area contributed by atoms with Crippen LogP contribution in [0, 0.1) is 6.92 Å². The highest BCUT2D eigenvalue weighted by molar-refractivity contribution is 7.89.